The zero-order chi connectivity index (χ0) is 26.1. The van der Waals surface area contributed by atoms with Crippen molar-refractivity contribution in [3.05, 3.63) is 52.4 Å². The number of aliphatic hydroxyl groups excluding tert-OH is 1. The third-order valence-corrected chi connectivity index (χ3v) is 8.24. The van der Waals surface area contributed by atoms with Crippen LogP contribution in [0.15, 0.2) is 30.6 Å². The predicted molar refractivity (Wildman–Crippen MR) is 142 cm³/mol. The first-order valence-corrected chi connectivity index (χ1v) is 13.5. The molecule has 0 spiro atoms. The molecule has 0 radical (unpaired) electrons. The van der Waals surface area contributed by atoms with E-state index < -0.39 is 6.10 Å². The highest BCUT2D eigenvalue weighted by Crippen LogP contribution is 2.42. The van der Waals surface area contributed by atoms with Crippen molar-refractivity contribution >= 4 is 29.2 Å². The molecule has 37 heavy (non-hydrogen) atoms. The normalized spacial score (nSPS) is 24.3. The number of likely N-dealkylation sites (tertiary alicyclic amines) is 1. The van der Waals surface area contributed by atoms with Crippen molar-refractivity contribution in [2.45, 2.75) is 50.7 Å². The third kappa shape index (κ3) is 5.44. The molecule has 4 atom stereocenters. The highest BCUT2D eigenvalue weighted by molar-refractivity contribution is 6.30. The molecule has 2 N–H and O–H groups in total. The lowest BCUT2D eigenvalue weighted by Gasteiger charge is -2.38. The van der Waals surface area contributed by atoms with Gasteiger partial charge in [0.2, 0.25) is 11.8 Å². The van der Waals surface area contributed by atoms with Crippen molar-refractivity contribution < 1.29 is 14.7 Å². The Hall–Kier alpha value is -2.75. The van der Waals surface area contributed by atoms with Crippen molar-refractivity contribution in [1.29, 1.82) is 0 Å². The largest absolute Gasteiger partial charge is 0.387 e. The van der Waals surface area contributed by atoms with E-state index in [1.165, 1.54) is 6.33 Å². The van der Waals surface area contributed by atoms with Crippen LogP contribution in [0, 0.1) is 0 Å². The Morgan fingerprint density at radius 1 is 1.11 bits per heavy atom. The molecule has 2 aliphatic heterocycles. The molecule has 1 aliphatic carbocycles. The monoisotopic (exact) mass is 526 g/mol. The number of piperazine rings is 1. The van der Waals surface area contributed by atoms with Gasteiger partial charge in [-0.05, 0) is 36.5 Å². The van der Waals surface area contributed by atoms with Crippen LogP contribution in [-0.2, 0) is 9.59 Å². The number of hydrogen-bond acceptors (Lipinski definition) is 7. The first-order valence-electron chi connectivity index (χ1n) is 13.1. The second kappa shape index (κ2) is 10.9. The highest BCUT2D eigenvalue weighted by atomic mass is 35.5. The molecule has 1 aromatic carbocycles. The molecule has 2 saturated heterocycles. The van der Waals surface area contributed by atoms with Gasteiger partial charge in [-0.25, -0.2) is 9.97 Å². The number of carbonyl (C=O) groups excluding carboxylic acids is 2. The molecule has 0 saturated carbocycles. The summed E-state index contributed by atoms with van der Waals surface area (Å²) in [5.41, 5.74) is 2.71. The van der Waals surface area contributed by atoms with E-state index in [0.717, 1.165) is 35.6 Å². The number of nitrogens with one attached hydrogen (secondary N) is 1. The van der Waals surface area contributed by atoms with Crippen LogP contribution in [0.5, 0.6) is 0 Å². The fourth-order valence-corrected chi connectivity index (χ4v) is 5.98. The van der Waals surface area contributed by atoms with Gasteiger partial charge >= 0.3 is 0 Å². The van der Waals surface area contributed by atoms with Gasteiger partial charge in [-0.2, -0.15) is 0 Å². The smallest absolute Gasteiger partial charge is 0.231 e. The number of halogens is 1. The Morgan fingerprint density at radius 3 is 2.51 bits per heavy atom. The molecule has 3 heterocycles. The number of nitrogens with zero attached hydrogens (tertiary/aromatic N) is 5. The maximum Gasteiger partial charge on any atom is 0.231 e. The van der Waals surface area contributed by atoms with Crippen molar-refractivity contribution in [3.8, 4) is 0 Å². The number of carbonyl (C=O) groups is 2. The van der Waals surface area contributed by atoms with Gasteiger partial charge in [-0.3, -0.25) is 9.59 Å². The second-order valence-corrected chi connectivity index (χ2v) is 10.9. The minimum atomic E-state index is -0.537. The first-order chi connectivity index (χ1) is 17.8. The Balaban J connectivity index is 1.26. The summed E-state index contributed by atoms with van der Waals surface area (Å²) in [7, 11) is 0. The lowest BCUT2D eigenvalue weighted by Crippen LogP contribution is -2.51. The van der Waals surface area contributed by atoms with Gasteiger partial charge in [0, 0.05) is 69.4 Å². The molecule has 10 heteroatoms. The number of hydrogen-bond donors (Lipinski definition) is 2. The summed E-state index contributed by atoms with van der Waals surface area (Å²) in [4.78, 5) is 40.4. The van der Waals surface area contributed by atoms with Crippen LogP contribution >= 0.6 is 11.6 Å². The second-order valence-electron chi connectivity index (χ2n) is 10.4. The quantitative estimate of drug-likeness (QED) is 0.595. The lowest BCUT2D eigenvalue weighted by molar-refractivity contribution is -0.133. The Bertz CT molecular complexity index is 1140. The number of aliphatic hydroxyl groups is 1. The van der Waals surface area contributed by atoms with Crippen LogP contribution in [0.25, 0.3) is 0 Å². The van der Waals surface area contributed by atoms with E-state index in [9.17, 15) is 14.7 Å². The fourth-order valence-electron chi connectivity index (χ4n) is 5.85. The standard InChI is InChI=1S/C27H35ClN6O3/c1-17-13-23(36)25-24(17)26(31-16-30-25)32-9-11-33(12-10-32)27(37)22(19-3-5-20(28)6-4-19)14-29-21-7-8-34(15-21)18(2)35/h3-6,16-17,21-23,29,36H,7-15H2,1-2H3/t17-,21?,22-,23-/m1/s1. The maximum atomic E-state index is 13.8. The van der Waals surface area contributed by atoms with E-state index in [1.807, 2.05) is 34.1 Å². The van der Waals surface area contributed by atoms with Crippen LogP contribution in [0.3, 0.4) is 0 Å². The summed E-state index contributed by atoms with van der Waals surface area (Å²) in [5, 5.41) is 14.5. The third-order valence-electron chi connectivity index (χ3n) is 7.98. The summed E-state index contributed by atoms with van der Waals surface area (Å²) < 4.78 is 0. The van der Waals surface area contributed by atoms with Gasteiger partial charge in [0.05, 0.1) is 17.7 Å². The van der Waals surface area contributed by atoms with Crippen LogP contribution in [0.2, 0.25) is 5.02 Å². The summed E-state index contributed by atoms with van der Waals surface area (Å²) >= 11 is 6.12. The van der Waals surface area contributed by atoms with Crippen LogP contribution in [-0.4, -0.2) is 88.5 Å². The van der Waals surface area contributed by atoms with E-state index >= 15 is 0 Å². The van der Waals surface area contributed by atoms with E-state index in [1.54, 1.807) is 6.92 Å². The average Bonchev–Trinajstić information content (AvgIpc) is 3.49. The molecule has 3 aliphatic rings. The number of benzene rings is 1. The first kappa shape index (κ1) is 25.9. The number of amides is 2. The Kier molecular flexibility index (Phi) is 7.65. The van der Waals surface area contributed by atoms with Crippen LogP contribution in [0.4, 0.5) is 5.82 Å². The molecule has 198 valence electrons. The zero-order valence-corrected chi connectivity index (χ0v) is 22.2. The van der Waals surface area contributed by atoms with Gasteiger partial charge < -0.3 is 25.1 Å². The van der Waals surface area contributed by atoms with Crippen molar-refractivity contribution in [1.82, 2.24) is 25.1 Å². The molecule has 5 rings (SSSR count). The Labute approximate surface area is 222 Å². The number of aromatic nitrogens is 2. The van der Waals surface area contributed by atoms with Crippen molar-refractivity contribution in [2.75, 3.05) is 50.7 Å². The number of rotatable bonds is 6. The predicted octanol–water partition coefficient (Wildman–Crippen LogP) is 2.31. The van der Waals surface area contributed by atoms with Crippen molar-refractivity contribution in [2.24, 2.45) is 0 Å². The van der Waals surface area contributed by atoms with Crippen LogP contribution in [0.1, 0.15) is 61.4 Å². The van der Waals surface area contributed by atoms with Gasteiger partial charge in [-0.15, -0.1) is 0 Å². The summed E-state index contributed by atoms with van der Waals surface area (Å²) in [6, 6.07) is 7.69. The SMILES string of the molecule is CC(=O)N1CCC(NC[C@@H](C(=O)N2CCN(c3ncnc4c3[C@H](C)C[C@H]4O)CC2)c2ccc(Cl)cc2)C1. The molecular formula is C27H35ClN6O3. The average molecular weight is 527 g/mol. The zero-order valence-electron chi connectivity index (χ0n) is 21.4. The van der Waals surface area contributed by atoms with Gasteiger partial charge in [-0.1, -0.05) is 30.7 Å². The summed E-state index contributed by atoms with van der Waals surface area (Å²) in [6.45, 7) is 8.17. The Morgan fingerprint density at radius 2 is 1.84 bits per heavy atom. The topological polar surface area (TPSA) is 102 Å². The fraction of sp³-hybridized carbons (Fsp3) is 0.556. The van der Waals surface area contributed by atoms with Gasteiger partial charge in [0.1, 0.15) is 12.1 Å². The molecule has 9 nitrogen and oxygen atoms in total. The van der Waals surface area contributed by atoms with Gasteiger partial charge in [0.15, 0.2) is 0 Å². The minimum absolute atomic E-state index is 0.0886. The van der Waals surface area contributed by atoms with Gasteiger partial charge in [0.25, 0.3) is 0 Å². The van der Waals surface area contributed by atoms with Crippen molar-refractivity contribution in [3.63, 3.8) is 0 Å². The molecule has 2 aromatic rings. The minimum Gasteiger partial charge on any atom is -0.387 e. The highest BCUT2D eigenvalue weighted by Gasteiger charge is 2.35. The lowest BCUT2D eigenvalue weighted by atomic mass is 9.96. The molecule has 1 unspecified atom stereocenters. The van der Waals surface area contributed by atoms with E-state index in [-0.39, 0.29) is 29.7 Å². The van der Waals surface area contributed by atoms with E-state index in [4.69, 9.17) is 11.6 Å². The number of fused-ring (bicyclic) bond motifs is 1. The van der Waals surface area contributed by atoms with E-state index in [0.29, 0.717) is 50.7 Å². The molecule has 2 amide bonds. The maximum absolute atomic E-state index is 13.8. The summed E-state index contributed by atoms with van der Waals surface area (Å²) in [5.74, 6) is 0.927. The summed E-state index contributed by atoms with van der Waals surface area (Å²) in [6.07, 6.45) is 2.55. The molecule has 2 fully saturated rings. The molecular weight excluding hydrogens is 492 g/mol. The molecule has 0 bridgehead atoms. The van der Waals surface area contributed by atoms with Crippen LogP contribution < -0.4 is 10.2 Å². The van der Waals surface area contributed by atoms with E-state index in [2.05, 4.69) is 27.1 Å². The molecule has 1 aromatic heterocycles. The number of anilines is 1.